The van der Waals surface area contributed by atoms with E-state index in [2.05, 4.69) is 26.3 Å². The van der Waals surface area contributed by atoms with Gasteiger partial charge in [-0.1, -0.05) is 0 Å². The molecule has 0 amide bonds. The van der Waals surface area contributed by atoms with E-state index < -0.39 is 0 Å². The molecule has 0 unspecified atom stereocenters. The Hall–Kier alpha value is -2.36. The Balaban J connectivity index is 1.82. The molecule has 0 fully saturated rings. The first kappa shape index (κ1) is 9.84. The smallest absolute Gasteiger partial charge is 0.137 e. The second kappa shape index (κ2) is 4.25. The normalized spacial score (nSPS) is 10.6. The molecule has 0 atom stereocenters. The number of aromatic nitrogens is 3. The lowest BCUT2D eigenvalue weighted by Gasteiger charge is -2.04. The number of H-pyrrole nitrogens is 1. The molecule has 4 nitrogen and oxygen atoms in total. The molecule has 0 bridgehead atoms. The number of nitrogens with one attached hydrogen (secondary N) is 2. The number of fused-ring (bicyclic) bond motifs is 1. The monoisotopic (exact) mass is 224 g/mol. The minimum atomic E-state index is 0.761. The van der Waals surface area contributed by atoms with Gasteiger partial charge in [0.15, 0.2) is 0 Å². The summed E-state index contributed by atoms with van der Waals surface area (Å²) in [5.41, 5.74) is 3.15. The van der Waals surface area contributed by atoms with Crippen LogP contribution in [0.25, 0.3) is 11.0 Å². The number of hydrogen-bond acceptors (Lipinski definition) is 3. The van der Waals surface area contributed by atoms with Gasteiger partial charge >= 0.3 is 0 Å². The molecule has 0 spiro atoms. The number of nitrogens with zero attached hydrogens (tertiary/aromatic N) is 2. The molecule has 3 aromatic heterocycles. The van der Waals surface area contributed by atoms with Crippen molar-refractivity contribution in [2.75, 3.05) is 5.32 Å². The molecule has 3 aromatic rings. The Morgan fingerprint density at radius 3 is 3.00 bits per heavy atom. The zero-order valence-corrected chi connectivity index (χ0v) is 9.22. The van der Waals surface area contributed by atoms with Gasteiger partial charge in [0.05, 0.1) is 5.69 Å². The summed E-state index contributed by atoms with van der Waals surface area (Å²) in [4.78, 5) is 11.5. The van der Waals surface area contributed by atoms with Gasteiger partial charge in [-0.2, -0.15) is 0 Å². The van der Waals surface area contributed by atoms with Crippen molar-refractivity contribution in [3.63, 3.8) is 0 Å². The molecule has 2 N–H and O–H groups in total. The lowest BCUT2D eigenvalue weighted by molar-refractivity contribution is 1.15. The Labute approximate surface area is 98.7 Å². The van der Waals surface area contributed by atoms with E-state index >= 15 is 0 Å². The summed E-state index contributed by atoms with van der Waals surface area (Å²) in [7, 11) is 0. The molecular formula is C13H12N4. The highest BCUT2D eigenvalue weighted by Crippen LogP contribution is 2.16. The van der Waals surface area contributed by atoms with Gasteiger partial charge < -0.3 is 10.3 Å². The largest absolute Gasteiger partial charge is 0.380 e. The number of pyridine rings is 2. The molecule has 4 heteroatoms. The lowest BCUT2D eigenvalue weighted by Crippen LogP contribution is -1.98. The minimum absolute atomic E-state index is 0.761. The van der Waals surface area contributed by atoms with Crippen LogP contribution in [0.2, 0.25) is 0 Å². The van der Waals surface area contributed by atoms with Crippen LogP contribution < -0.4 is 5.32 Å². The highest BCUT2D eigenvalue weighted by atomic mass is 14.9. The van der Waals surface area contributed by atoms with E-state index in [0.29, 0.717) is 0 Å². The Bertz CT molecular complexity index is 615. The topological polar surface area (TPSA) is 53.6 Å². The second-order valence-electron chi connectivity index (χ2n) is 3.81. The highest BCUT2D eigenvalue weighted by molar-refractivity contribution is 5.79. The Morgan fingerprint density at radius 2 is 2.12 bits per heavy atom. The van der Waals surface area contributed by atoms with Crippen molar-refractivity contribution < 1.29 is 0 Å². The third-order valence-electron chi connectivity index (χ3n) is 2.68. The predicted octanol–water partition coefficient (Wildman–Crippen LogP) is 2.57. The molecule has 0 aliphatic heterocycles. The van der Waals surface area contributed by atoms with E-state index in [9.17, 15) is 0 Å². The lowest BCUT2D eigenvalue weighted by atomic mass is 10.2. The molecule has 84 valence electrons. The van der Waals surface area contributed by atoms with Crippen LogP contribution in [-0.2, 0) is 6.54 Å². The average Bonchev–Trinajstić information content (AvgIpc) is 2.81. The summed E-state index contributed by atoms with van der Waals surface area (Å²) in [6, 6.07) is 7.93. The van der Waals surface area contributed by atoms with Gasteiger partial charge in [0, 0.05) is 36.7 Å². The molecule has 0 saturated heterocycles. The SMILES string of the molecule is c1cncc(NCc2c[nH]c3ncccc23)c1. The average molecular weight is 224 g/mol. The molecule has 0 aromatic carbocycles. The van der Waals surface area contributed by atoms with E-state index in [4.69, 9.17) is 0 Å². The Kier molecular flexibility index (Phi) is 2.46. The first-order valence-electron chi connectivity index (χ1n) is 5.48. The molecule has 0 saturated carbocycles. The van der Waals surface area contributed by atoms with Crippen LogP contribution in [-0.4, -0.2) is 15.0 Å². The van der Waals surface area contributed by atoms with E-state index in [1.165, 1.54) is 5.56 Å². The third-order valence-corrected chi connectivity index (χ3v) is 2.68. The molecule has 3 heterocycles. The van der Waals surface area contributed by atoms with Crippen LogP contribution in [0, 0.1) is 0 Å². The van der Waals surface area contributed by atoms with Crippen LogP contribution in [0.4, 0.5) is 5.69 Å². The fourth-order valence-electron chi connectivity index (χ4n) is 1.82. The number of aromatic amines is 1. The number of rotatable bonds is 3. The summed E-state index contributed by atoms with van der Waals surface area (Å²) in [6.07, 6.45) is 7.35. The molecule has 0 radical (unpaired) electrons. The molecule has 0 aliphatic rings. The second-order valence-corrected chi connectivity index (χ2v) is 3.81. The van der Waals surface area contributed by atoms with Crippen molar-refractivity contribution in [3.05, 3.63) is 54.6 Å². The fraction of sp³-hybridized carbons (Fsp3) is 0.0769. The molecule has 17 heavy (non-hydrogen) atoms. The van der Waals surface area contributed by atoms with Gasteiger partial charge in [-0.25, -0.2) is 4.98 Å². The van der Waals surface area contributed by atoms with Crippen molar-refractivity contribution in [1.82, 2.24) is 15.0 Å². The summed E-state index contributed by atoms with van der Waals surface area (Å²) in [6.45, 7) is 0.761. The quantitative estimate of drug-likeness (QED) is 0.719. The van der Waals surface area contributed by atoms with Crippen molar-refractivity contribution in [2.24, 2.45) is 0 Å². The van der Waals surface area contributed by atoms with E-state index in [1.54, 1.807) is 12.4 Å². The molecule has 0 aliphatic carbocycles. The van der Waals surface area contributed by atoms with Crippen LogP contribution in [0.1, 0.15) is 5.56 Å². The molecule has 3 rings (SSSR count). The van der Waals surface area contributed by atoms with Gasteiger partial charge in [-0.05, 0) is 29.8 Å². The maximum absolute atomic E-state index is 4.26. The fourth-order valence-corrected chi connectivity index (χ4v) is 1.82. The summed E-state index contributed by atoms with van der Waals surface area (Å²) < 4.78 is 0. The summed E-state index contributed by atoms with van der Waals surface area (Å²) >= 11 is 0. The van der Waals surface area contributed by atoms with Crippen molar-refractivity contribution >= 4 is 16.7 Å². The van der Waals surface area contributed by atoms with Crippen molar-refractivity contribution in [3.8, 4) is 0 Å². The van der Waals surface area contributed by atoms with E-state index in [0.717, 1.165) is 23.3 Å². The van der Waals surface area contributed by atoms with Gasteiger partial charge in [-0.15, -0.1) is 0 Å². The van der Waals surface area contributed by atoms with Gasteiger partial charge in [0.2, 0.25) is 0 Å². The zero-order valence-electron chi connectivity index (χ0n) is 9.22. The van der Waals surface area contributed by atoms with Gasteiger partial charge in [-0.3, -0.25) is 4.98 Å². The number of hydrogen-bond donors (Lipinski definition) is 2. The highest BCUT2D eigenvalue weighted by Gasteiger charge is 2.02. The Morgan fingerprint density at radius 1 is 1.18 bits per heavy atom. The maximum Gasteiger partial charge on any atom is 0.137 e. The van der Waals surface area contributed by atoms with E-state index in [1.807, 2.05) is 30.6 Å². The van der Waals surface area contributed by atoms with Crippen molar-refractivity contribution in [1.29, 1.82) is 0 Å². The predicted molar refractivity (Wildman–Crippen MR) is 67.7 cm³/mol. The zero-order chi connectivity index (χ0) is 11.5. The minimum Gasteiger partial charge on any atom is -0.380 e. The van der Waals surface area contributed by atoms with Crippen LogP contribution in [0.3, 0.4) is 0 Å². The maximum atomic E-state index is 4.26. The van der Waals surface area contributed by atoms with E-state index in [-0.39, 0.29) is 0 Å². The summed E-state index contributed by atoms with van der Waals surface area (Å²) in [5, 5.41) is 4.49. The third kappa shape index (κ3) is 1.97. The summed E-state index contributed by atoms with van der Waals surface area (Å²) in [5.74, 6) is 0. The van der Waals surface area contributed by atoms with Crippen molar-refractivity contribution in [2.45, 2.75) is 6.54 Å². The number of anilines is 1. The first-order valence-corrected chi connectivity index (χ1v) is 5.48. The van der Waals surface area contributed by atoms with Crippen LogP contribution in [0.5, 0.6) is 0 Å². The standard InChI is InChI=1S/C13H12N4/c1-3-11(9-14-5-1)16-7-10-8-17-13-12(10)4-2-6-15-13/h1-6,8-9,16H,7H2,(H,15,17). The van der Waals surface area contributed by atoms with Crippen LogP contribution >= 0.6 is 0 Å². The van der Waals surface area contributed by atoms with Gasteiger partial charge in [0.1, 0.15) is 5.65 Å². The first-order chi connectivity index (χ1) is 8.43. The van der Waals surface area contributed by atoms with Crippen LogP contribution in [0.15, 0.2) is 49.1 Å². The van der Waals surface area contributed by atoms with Gasteiger partial charge in [0.25, 0.3) is 0 Å². The molecular weight excluding hydrogens is 212 g/mol.